The predicted molar refractivity (Wildman–Crippen MR) is 104 cm³/mol. The molecule has 1 unspecified atom stereocenters. The minimum absolute atomic E-state index is 0.151. The van der Waals surface area contributed by atoms with E-state index in [4.69, 9.17) is 16.3 Å². The van der Waals surface area contributed by atoms with E-state index in [0.29, 0.717) is 11.5 Å². The Morgan fingerprint density at radius 1 is 1.08 bits per heavy atom. The van der Waals surface area contributed by atoms with Gasteiger partial charge in [0, 0.05) is 12.6 Å². The standard InChI is InChI=1S/C22H32ClNO/c1-14(2)25-21-5-4-16(9-20(21)23)13-24-15(3)22-10-17-6-18(11-22)8-19(7-17)12-22/h4-5,9,14-15,17-19,24H,6-8,10-13H2,1-3H3. The average molecular weight is 362 g/mol. The Morgan fingerprint density at radius 2 is 1.68 bits per heavy atom. The maximum Gasteiger partial charge on any atom is 0.138 e. The molecule has 0 saturated heterocycles. The molecule has 25 heavy (non-hydrogen) atoms. The fraction of sp³-hybridized carbons (Fsp3) is 0.727. The van der Waals surface area contributed by atoms with E-state index in [1.165, 1.54) is 44.1 Å². The molecular weight excluding hydrogens is 330 g/mol. The van der Waals surface area contributed by atoms with Gasteiger partial charge in [-0.25, -0.2) is 0 Å². The molecule has 0 amide bonds. The fourth-order valence-electron chi connectivity index (χ4n) is 6.20. The number of hydrogen-bond acceptors (Lipinski definition) is 2. The third-order valence-electron chi connectivity index (χ3n) is 6.98. The Kier molecular flexibility index (Phi) is 4.79. The van der Waals surface area contributed by atoms with E-state index in [-0.39, 0.29) is 6.10 Å². The van der Waals surface area contributed by atoms with Crippen LogP contribution >= 0.6 is 11.6 Å². The van der Waals surface area contributed by atoms with Gasteiger partial charge in [0.05, 0.1) is 11.1 Å². The molecule has 1 aromatic rings. The van der Waals surface area contributed by atoms with Gasteiger partial charge in [-0.2, -0.15) is 0 Å². The summed E-state index contributed by atoms with van der Waals surface area (Å²) in [4.78, 5) is 0. The van der Waals surface area contributed by atoms with Gasteiger partial charge in [0.1, 0.15) is 5.75 Å². The van der Waals surface area contributed by atoms with Crippen LogP contribution < -0.4 is 10.1 Å². The molecule has 1 aromatic carbocycles. The summed E-state index contributed by atoms with van der Waals surface area (Å²) < 4.78 is 5.74. The van der Waals surface area contributed by atoms with Gasteiger partial charge in [-0.05, 0) is 100 Å². The number of ether oxygens (including phenoxy) is 1. The van der Waals surface area contributed by atoms with E-state index < -0.39 is 0 Å². The number of hydrogen-bond donors (Lipinski definition) is 1. The van der Waals surface area contributed by atoms with Crippen molar-refractivity contribution in [2.45, 2.75) is 78.0 Å². The van der Waals surface area contributed by atoms with Gasteiger partial charge in [-0.15, -0.1) is 0 Å². The van der Waals surface area contributed by atoms with Gasteiger partial charge in [0.25, 0.3) is 0 Å². The third-order valence-corrected chi connectivity index (χ3v) is 7.27. The van der Waals surface area contributed by atoms with Crippen molar-refractivity contribution in [3.63, 3.8) is 0 Å². The quantitative estimate of drug-likeness (QED) is 0.689. The molecule has 0 aliphatic heterocycles. The fourth-order valence-corrected chi connectivity index (χ4v) is 6.45. The van der Waals surface area contributed by atoms with E-state index in [2.05, 4.69) is 24.4 Å². The van der Waals surface area contributed by atoms with E-state index in [1.807, 2.05) is 19.9 Å². The number of halogens is 1. The maximum absolute atomic E-state index is 6.39. The highest BCUT2D eigenvalue weighted by Gasteiger charge is 2.52. The molecule has 1 N–H and O–H groups in total. The largest absolute Gasteiger partial charge is 0.489 e. The lowest BCUT2D eigenvalue weighted by molar-refractivity contribution is -0.0706. The van der Waals surface area contributed by atoms with Gasteiger partial charge in [-0.1, -0.05) is 17.7 Å². The van der Waals surface area contributed by atoms with Crippen LogP contribution in [-0.2, 0) is 6.54 Å². The first-order valence-electron chi connectivity index (χ1n) is 10.1. The average Bonchev–Trinajstić information content (AvgIpc) is 2.53. The highest BCUT2D eigenvalue weighted by molar-refractivity contribution is 6.32. The summed E-state index contributed by atoms with van der Waals surface area (Å²) in [6, 6.07) is 6.79. The Labute approximate surface area is 157 Å². The number of nitrogens with one attached hydrogen (secondary N) is 1. The van der Waals surface area contributed by atoms with Crippen molar-refractivity contribution in [3.8, 4) is 5.75 Å². The minimum Gasteiger partial charge on any atom is -0.489 e. The molecule has 4 aliphatic rings. The Bertz CT molecular complexity index is 591. The summed E-state index contributed by atoms with van der Waals surface area (Å²) in [5, 5.41) is 4.56. The van der Waals surface area contributed by atoms with Crippen LogP contribution in [0.3, 0.4) is 0 Å². The van der Waals surface area contributed by atoms with Crippen LogP contribution in [0, 0.1) is 23.2 Å². The number of rotatable bonds is 6. The summed E-state index contributed by atoms with van der Waals surface area (Å²) in [5.74, 6) is 3.82. The molecule has 4 fully saturated rings. The van der Waals surface area contributed by atoms with Crippen LogP contribution in [-0.4, -0.2) is 12.1 Å². The number of benzene rings is 1. The first kappa shape index (κ1) is 17.7. The second-order valence-electron chi connectivity index (χ2n) is 9.31. The van der Waals surface area contributed by atoms with Gasteiger partial charge in [0.15, 0.2) is 0 Å². The molecule has 0 spiro atoms. The van der Waals surface area contributed by atoms with E-state index in [0.717, 1.165) is 35.1 Å². The summed E-state index contributed by atoms with van der Waals surface area (Å²) in [7, 11) is 0. The zero-order valence-electron chi connectivity index (χ0n) is 15.9. The lowest BCUT2D eigenvalue weighted by atomic mass is 9.48. The Morgan fingerprint density at radius 3 is 2.20 bits per heavy atom. The molecule has 5 rings (SSSR count). The van der Waals surface area contributed by atoms with E-state index in [9.17, 15) is 0 Å². The van der Waals surface area contributed by atoms with Crippen molar-refractivity contribution in [2.75, 3.05) is 0 Å². The van der Waals surface area contributed by atoms with Crippen molar-refractivity contribution in [3.05, 3.63) is 28.8 Å². The van der Waals surface area contributed by atoms with Gasteiger partial charge in [0.2, 0.25) is 0 Å². The van der Waals surface area contributed by atoms with Gasteiger partial charge >= 0.3 is 0 Å². The second kappa shape index (κ2) is 6.78. The monoisotopic (exact) mass is 361 g/mol. The van der Waals surface area contributed by atoms with Crippen molar-refractivity contribution in [1.29, 1.82) is 0 Å². The van der Waals surface area contributed by atoms with Crippen LogP contribution in [0.5, 0.6) is 5.75 Å². The topological polar surface area (TPSA) is 21.3 Å². The molecule has 3 heteroatoms. The van der Waals surface area contributed by atoms with Crippen LogP contribution in [0.4, 0.5) is 0 Å². The molecular formula is C22H32ClNO. The molecule has 0 radical (unpaired) electrons. The predicted octanol–water partition coefficient (Wildman–Crippen LogP) is 5.82. The molecule has 4 bridgehead atoms. The molecule has 138 valence electrons. The minimum atomic E-state index is 0.151. The zero-order valence-corrected chi connectivity index (χ0v) is 16.6. The molecule has 0 aromatic heterocycles. The third kappa shape index (κ3) is 3.57. The van der Waals surface area contributed by atoms with E-state index in [1.54, 1.807) is 0 Å². The van der Waals surface area contributed by atoms with Crippen molar-refractivity contribution < 1.29 is 4.74 Å². The van der Waals surface area contributed by atoms with Crippen molar-refractivity contribution in [2.24, 2.45) is 23.2 Å². The lowest BCUT2D eigenvalue weighted by Crippen LogP contribution is -2.54. The highest BCUT2D eigenvalue weighted by Crippen LogP contribution is 2.61. The van der Waals surface area contributed by atoms with Crippen LogP contribution in [0.1, 0.15) is 64.9 Å². The first-order valence-corrected chi connectivity index (χ1v) is 10.5. The van der Waals surface area contributed by atoms with Crippen molar-refractivity contribution in [1.82, 2.24) is 5.32 Å². The maximum atomic E-state index is 6.39. The lowest BCUT2D eigenvalue weighted by Gasteiger charge is -2.59. The summed E-state index contributed by atoms with van der Waals surface area (Å²) >= 11 is 6.39. The second-order valence-corrected chi connectivity index (χ2v) is 9.72. The summed E-state index contributed by atoms with van der Waals surface area (Å²) in [6.07, 6.45) is 9.05. The summed E-state index contributed by atoms with van der Waals surface area (Å²) in [5.41, 5.74) is 1.80. The zero-order chi connectivity index (χ0) is 17.6. The van der Waals surface area contributed by atoms with Crippen molar-refractivity contribution >= 4 is 11.6 Å². The molecule has 0 heterocycles. The van der Waals surface area contributed by atoms with Gasteiger partial charge < -0.3 is 10.1 Å². The van der Waals surface area contributed by atoms with Crippen LogP contribution in [0.15, 0.2) is 18.2 Å². The smallest absolute Gasteiger partial charge is 0.138 e. The van der Waals surface area contributed by atoms with Crippen LogP contribution in [0.25, 0.3) is 0 Å². The normalized spacial score (nSPS) is 34.5. The van der Waals surface area contributed by atoms with Gasteiger partial charge in [-0.3, -0.25) is 0 Å². The Balaban J connectivity index is 1.39. The van der Waals surface area contributed by atoms with E-state index >= 15 is 0 Å². The first-order chi connectivity index (χ1) is 11.9. The highest BCUT2D eigenvalue weighted by atomic mass is 35.5. The molecule has 4 aliphatic carbocycles. The molecule has 2 nitrogen and oxygen atoms in total. The van der Waals surface area contributed by atoms with Crippen LogP contribution in [0.2, 0.25) is 5.02 Å². The summed E-state index contributed by atoms with van der Waals surface area (Å²) in [6.45, 7) is 7.37. The molecule has 4 saturated carbocycles. The Hall–Kier alpha value is -0.730. The molecule has 1 atom stereocenters. The SMILES string of the molecule is CC(C)Oc1ccc(CNC(C)C23CC4CC(CC(C4)C2)C3)cc1Cl.